The lowest BCUT2D eigenvalue weighted by Crippen LogP contribution is -1.97. The van der Waals surface area contributed by atoms with Crippen LogP contribution >= 0.6 is 12.0 Å². The number of aliphatic hydroxyl groups is 1. The van der Waals surface area contributed by atoms with Gasteiger partial charge in [0.05, 0.1) is 11.4 Å². The Morgan fingerprint density at radius 1 is 1.53 bits per heavy atom. The van der Waals surface area contributed by atoms with Gasteiger partial charge in [0.1, 0.15) is 12.3 Å². The summed E-state index contributed by atoms with van der Waals surface area (Å²) in [6, 6.07) is 5.46. The van der Waals surface area contributed by atoms with Crippen molar-refractivity contribution < 1.29 is 9.29 Å². The van der Waals surface area contributed by atoms with E-state index in [2.05, 4.69) is 16.8 Å². The van der Waals surface area contributed by atoms with Crippen LogP contribution in [0.4, 0.5) is 0 Å². The molecule has 0 radical (unpaired) electrons. The van der Waals surface area contributed by atoms with Crippen LogP contribution in [-0.4, -0.2) is 35.8 Å². The van der Waals surface area contributed by atoms with Gasteiger partial charge in [-0.2, -0.15) is 0 Å². The molecule has 0 amide bonds. The normalized spacial score (nSPS) is 8.47. The highest BCUT2D eigenvalue weighted by Crippen LogP contribution is 1.99. The van der Waals surface area contributed by atoms with Gasteiger partial charge in [0.2, 0.25) is 0 Å². The third-order valence-electron chi connectivity index (χ3n) is 1.60. The summed E-state index contributed by atoms with van der Waals surface area (Å²) in [6.45, 7) is 2.09. The molecular formula is C12H16N2O2S. The maximum Gasteiger partial charge on any atom is 0.122 e. The van der Waals surface area contributed by atoms with Crippen molar-refractivity contribution in [3.05, 3.63) is 29.6 Å². The Bertz CT molecular complexity index is 410. The summed E-state index contributed by atoms with van der Waals surface area (Å²) >= 11 is 1.29. The molecule has 2 N–H and O–H groups in total. The van der Waals surface area contributed by atoms with Crippen molar-refractivity contribution >= 4 is 17.8 Å². The van der Waals surface area contributed by atoms with Crippen LogP contribution in [0.25, 0.3) is 0 Å². The molecule has 0 aliphatic heterocycles. The average Bonchev–Trinajstić information content (AvgIpc) is 2.37. The SMILES string of the molecule is CO.CSOCC#Cc1cccc(C(C)=N)n1. The molecule has 0 saturated carbocycles. The Morgan fingerprint density at radius 2 is 2.24 bits per heavy atom. The fraction of sp³-hybridized carbons (Fsp3) is 0.333. The number of hydrogen-bond acceptors (Lipinski definition) is 5. The highest BCUT2D eigenvalue weighted by molar-refractivity contribution is 7.93. The molecule has 1 heterocycles. The van der Waals surface area contributed by atoms with Crippen LogP contribution in [-0.2, 0) is 4.18 Å². The summed E-state index contributed by atoms with van der Waals surface area (Å²) < 4.78 is 5.01. The zero-order valence-corrected chi connectivity index (χ0v) is 11.0. The first-order chi connectivity index (χ1) is 8.24. The summed E-state index contributed by atoms with van der Waals surface area (Å²) in [5.74, 6) is 5.72. The van der Waals surface area contributed by atoms with E-state index in [1.165, 1.54) is 12.0 Å². The summed E-state index contributed by atoms with van der Waals surface area (Å²) in [7, 11) is 1.00. The minimum absolute atomic E-state index is 0.386. The Morgan fingerprint density at radius 3 is 2.82 bits per heavy atom. The van der Waals surface area contributed by atoms with E-state index in [0.717, 1.165) is 7.11 Å². The number of hydrogen-bond donors (Lipinski definition) is 2. The van der Waals surface area contributed by atoms with E-state index < -0.39 is 0 Å². The van der Waals surface area contributed by atoms with Gasteiger partial charge in [-0.3, -0.25) is 0 Å². The van der Waals surface area contributed by atoms with Gasteiger partial charge in [-0.15, -0.1) is 0 Å². The lowest BCUT2D eigenvalue weighted by Gasteiger charge is -1.96. The molecule has 17 heavy (non-hydrogen) atoms. The van der Waals surface area contributed by atoms with Crippen molar-refractivity contribution in [2.75, 3.05) is 20.0 Å². The maximum atomic E-state index is 7.44. The average molecular weight is 252 g/mol. The van der Waals surface area contributed by atoms with Crippen molar-refractivity contribution in [2.45, 2.75) is 6.92 Å². The molecular weight excluding hydrogens is 236 g/mol. The molecule has 4 nitrogen and oxygen atoms in total. The predicted molar refractivity (Wildman–Crippen MR) is 71.2 cm³/mol. The number of aliphatic hydroxyl groups excluding tert-OH is 1. The first-order valence-electron chi connectivity index (χ1n) is 4.86. The molecule has 0 spiro atoms. The first kappa shape index (κ1) is 15.7. The Hall–Kier alpha value is -1.35. The maximum absolute atomic E-state index is 7.44. The quantitative estimate of drug-likeness (QED) is 0.372. The van der Waals surface area contributed by atoms with Gasteiger partial charge in [0.15, 0.2) is 0 Å². The van der Waals surface area contributed by atoms with E-state index in [0.29, 0.717) is 23.7 Å². The van der Waals surface area contributed by atoms with Crippen molar-refractivity contribution in [1.29, 1.82) is 5.41 Å². The van der Waals surface area contributed by atoms with Gasteiger partial charge >= 0.3 is 0 Å². The van der Waals surface area contributed by atoms with Gasteiger partial charge in [0.25, 0.3) is 0 Å². The summed E-state index contributed by atoms with van der Waals surface area (Å²) in [5.41, 5.74) is 1.77. The van der Waals surface area contributed by atoms with Crippen LogP contribution in [0.2, 0.25) is 0 Å². The third-order valence-corrected chi connectivity index (χ3v) is 1.95. The van der Waals surface area contributed by atoms with Gasteiger partial charge in [-0.05, 0) is 37.0 Å². The van der Waals surface area contributed by atoms with E-state index in [-0.39, 0.29) is 0 Å². The number of nitrogens with one attached hydrogen (secondary N) is 1. The van der Waals surface area contributed by atoms with Gasteiger partial charge in [0, 0.05) is 13.4 Å². The van der Waals surface area contributed by atoms with E-state index >= 15 is 0 Å². The summed E-state index contributed by atoms with van der Waals surface area (Å²) in [4.78, 5) is 4.21. The molecule has 0 atom stereocenters. The minimum Gasteiger partial charge on any atom is -0.400 e. The molecule has 0 aliphatic rings. The van der Waals surface area contributed by atoms with E-state index in [4.69, 9.17) is 14.7 Å². The molecule has 5 heteroatoms. The lowest BCUT2D eigenvalue weighted by atomic mass is 10.2. The molecule has 0 unspecified atom stereocenters. The second-order valence-electron chi connectivity index (χ2n) is 2.76. The van der Waals surface area contributed by atoms with Crippen molar-refractivity contribution in [1.82, 2.24) is 4.98 Å². The Kier molecular flexibility index (Phi) is 9.06. The fourth-order valence-electron chi connectivity index (χ4n) is 0.928. The first-order valence-corrected chi connectivity index (χ1v) is 6.01. The van der Waals surface area contributed by atoms with Crippen LogP contribution in [0, 0.1) is 17.3 Å². The van der Waals surface area contributed by atoms with Crippen LogP contribution in [0.3, 0.4) is 0 Å². The third kappa shape index (κ3) is 6.74. The Balaban J connectivity index is 0.00000121. The summed E-state index contributed by atoms with van der Waals surface area (Å²) in [5, 5.41) is 14.4. The van der Waals surface area contributed by atoms with E-state index in [1.54, 1.807) is 13.0 Å². The van der Waals surface area contributed by atoms with E-state index in [9.17, 15) is 0 Å². The molecule has 92 valence electrons. The van der Waals surface area contributed by atoms with Crippen LogP contribution in [0.5, 0.6) is 0 Å². The monoisotopic (exact) mass is 252 g/mol. The summed E-state index contributed by atoms with van der Waals surface area (Å²) in [6.07, 6.45) is 1.85. The number of pyridine rings is 1. The standard InChI is InChI=1S/C11H12N2OS.CH4O/c1-9(12)11-7-3-5-10(13-11)6-4-8-14-15-2;1-2/h3,5,7,12H,8H2,1-2H3;2H,1H3. The zero-order valence-electron chi connectivity index (χ0n) is 10.2. The number of rotatable bonds is 3. The van der Waals surface area contributed by atoms with Gasteiger partial charge in [-0.25, -0.2) is 4.98 Å². The van der Waals surface area contributed by atoms with Crippen molar-refractivity contribution in [2.24, 2.45) is 0 Å². The Labute approximate surface area is 106 Å². The van der Waals surface area contributed by atoms with Gasteiger partial charge < -0.3 is 14.7 Å². The molecule has 1 aromatic rings. The molecule has 0 fully saturated rings. The smallest absolute Gasteiger partial charge is 0.122 e. The zero-order chi connectivity index (χ0) is 13.1. The van der Waals surface area contributed by atoms with Crippen molar-refractivity contribution in [3.63, 3.8) is 0 Å². The number of nitrogens with zero attached hydrogens (tertiary/aromatic N) is 1. The minimum atomic E-state index is 0.386. The fourth-order valence-corrected chi connectivity index (χ4v) is 1.10. The highest BCUT2D eigenvalue weighted by Gasteiger charge is 1.96. The molecule has 0 aromatic carbocycles. The molecule has 1 aromatic heterocycles. The number of aromatic nitrogens is 1. The largest absolute Gasteiger partial charge is 0.400 e. The predicted octanol–water partition coefficient (Wildman–Crippen LogP) is 1.72. The molecule has 0 bridgehead atoms. The van der Waals surface area contributed by atoms with Crippen LogP contribution in [0.15, 0.2) is 18.2 Å². The van der Waals surface area contributed by atoms with Crippen LogP contribution in [0.1, 0.15) is 18.3 Å². The molecule has 0 saturated heterocycles. The van der Waals surface area contributed by atoms with Gasteiger partial charge in [-0.1, -0.05) is 12.0 Å². The second-order valence-corrected chi connectivity index (χ2v) is 3.33. The van der Waals surface area contributed by atoms with Crippen LogP contribution < -0.4 is 0 Å². The molecule has 0 aliphatic carbocycles. The topological polar surface area (TPSA) is 66.2 Å². The highest BCUT2D eigenvalue weighted by atomic mass is 32.2. The second kappa shape index (κ2) is 9.85. The van der Waals surface area contributed by atoms with Crippen molar-refractivity contribution in [3.8, 4) is 11.8 Å². The lowest BCUT2D eigenvalue weighted by molar-refractivity contribution is 0.399. The molecule has 1 rings (SSSR count). The van der Waals surface area contributed by atoms with E-state index in [1.807, 2.05) is 18.4 Å².